The summed E-state index contributed by atoms with van der Waals surface area (Å²) < 4.78 is 5.90. The molecule has 0 aromatic heterocycles. The van der Waals surface area contributed by atoms with Crippen LogP contribution in [0.5, 0.6) is 0 Å². The number of nitrogens with two attached hydrogens (primary N) is 1. The van der Waals surface area contributed by atoms with E-state index in [0.717, 1.165) is 19.4 Å². The topological polar surface area (TPSA) is 46.1 Å². The van der Waals surface area contributed by atoms with Gasteiger partial charge in [-0.25, -0.2) is 0 Å². The normalized spacial score (nSPS) is 46.0. The van der Waals surface area contributed by atoms with Gasteiger partial charge in [0.15, 0.2) is 0 Å². The van der Waals surface area contributed by atoms with Crippen molar-refractivity contribution < 1.29 is 15.2 Å². The minimum atomic E-state index is -0.0909. The summed E-state index contributed by atoms with van der Waals surface area (Å²) in [5.74, 6) is 1.92. The molecule has 0 aromatic rings. The highest BCUT2D eigenvalue weighted by Crippen LogP contribution is 2.37. The first-order valence-corrected chi connectivity index (χ1v) is 7.76. The van der Waals surface area contributed by atoms with Crippen molar-refractivity contribution >= 4 is 0 Å². The lowest BCUT2D eigenvalue weighted by Crippen LogP contribution is -2.95. The van der Waals surface area contributed by atoms with E-state index >= 15 is 0 Å². The molecule has 0 radical (unpaired) electrons. The average Bonchev–Trinajstić information content (AvgIpc) is 2.34. The van der Waals surface area contributed by atoms with Crippen LogP contribution in [0.2, 0.25) is 0 Å². The van der Waals surface area contributed by atoms with E-state index in [4.69, 9.17) is 4.74 Å². The summed E-state index contributed by atoms with van der Waals surface area (Å²) in [4.78, 5) is 0. The zero-order valence-electron chi connectivity index (χ0n) is 12.1. The van der Waals surface area contributed by atoms with Crippen LogP contribution in [0.4, 0.5) is 0 Å². The largest absolute Gasteiger partial charge is 0.387 e. The summed E-state index contributed by atoms with van der Waals surface area (Å²) in [6.07, 6.45) is 4.92. The molecule has 0 spiro atoms. The highest BCUT2D eigenvalue weighted by molar-refractivity contribution is 4.88. The van der Waals surface area contributed by atoms with Crippen molar-refractivity contribution in [2.24, 2.45) is 17.8 Å². The summed E-state index contributed by atoms with van der Waals surface area (Å²) in [7, 11) is 0. The van der Waals surface area contributed by atoms with Crippen molar-refractivity contribution in [2.75, 3.05) is 13.2 Å². The fraction of sp³-hybridized carbons (Fsp3) is 1.00. The maximum Gasteiger partial charge on any atom is 0.115 e. The van der Waals surface area contributed by atoms with Crippen LogP contribution in [-0.4, -0.2) is 36.5 Å². The second-order valence-corrected chi connectivity index (χ2v) is 6.42. The number of quaternary nitrogens is 1. The Kier molecular flexibility index (Phi) is 5.05. The fourth-order valence-electron chi connectivity index (χ4n) is 4.21. The van der Waals surface area contributed by atoms with Crippen molar-refractivity contribution in [3.63, 3.8) is 0 Å². The van der Waals surface area contributed by atoms with Gasteiger partial charge in [0.2, 0.25) is 0 Å². The molecular weight excluding hydrogens is 226 g/mol. The fourth-order valence-corrected chi connectivity index (χ4v) is 4.21. The first-order chi connectivity index (χ1) is 8.63. The van der Waals surface area contributed by atoms with Crippen molar-refractivity contribution in [1.82, 2.24) is 0 Å². The van der Waals surface area contributed by atoms with E-state index in [1.165, 1.54) is 19.4 Å². The molecule has 4 atom stereocenters. The van der Waals surface area contributed by atoms with Crippen LogP contribution >= 0.6 is 0 Å². The molecule has 106 valence electrons. The molecule has 3 N–H and O–H groups in total. The minimum absolute atomic E-state index is 0.0909. The van der Waals surface area contributed by atoms with Crippen LogP contribution in [0.15, 0.2) is 0 Å². The van der Waals surface area contributed by atoms with Crippen molar-refractivity contribution in [1.29, 1.82) is 0 Å². The van der Waals surface area contributed by atoms with Crippen molar-refractivity contribution in [3.8, 4) is 0 Å². The zero-order valence-corrected chi connectivity index (χ0v) is 12.1. The number of hydrogen-bond donors (Lipinski definition) is 2. The summed E-state index contributed by atoms with van der Waals surface area (Å²) in [6.45, 7) is 8.73. The van der Waals surface area contributed by atoms with E-state index in [1.807, 2.05) is 0 Å². The van der Waals surface area contributed by atoms with Gasteiger partial charge in [-0.05, 0) is 44.4 Å². The Labute approximate surface area is 111 Å². The van der Waals surface area contributed by atoms with E-state index in [1.54, 1.807) is 0 Å². The van der Waals surface area contributed by atoms with Crippen LogP contribution in [0, 0.1) is 17.8 Å². The number of hydrogen-bond acceptors (Lipinski definition) is 2. The van der Waals surface area contributed by atoms with E-state index < -0.39 is 0 Å². The smallest absolute Gasteiger partial charge is 0.115 e. The zero-order chi connectivity index (χ0) is 13.1. The van der Waals surface area contributed by atoms with Gasteiger partial charge >= 0.3 is 0 Å². The quantitative estimate of drug-likeness (QED) is 0.796. The number of aliphatic hydroxyl groups is 1. The Bertz CT molecular complexity index is 247. The third-order valence-corrected chi connectivity index (χ3v) is 4.96. The molecule has 1 saturated heterocycles. The molecule has 3 nitrogen and oxygen atoms in total. The summed E-state index contributed by atoms with van der Waals surface area (Å²) in [6, 6.07) is 0.436. The van der Waals surface area contributed by atoms with Gasteiger partial charge in [0.1, 0.15) is 12.1 Å². The molecule has 18 heavy (non-hydrogen) atoms. The van der Waals surface area contributed by atoms with Crippen molar-refractivity contribution in [3.05, 3.63) is 0 Å². The third kappa shape index (κ3) is 3.06. The SMILES string of the molecule is CCOC1C(C)CC(C2[NH2+]CCCC2O)CC1C. The van der Waals surface area contributed by atoms with Crippen LogP contribution < -0.4 is 5.32 Å². The molecule has 1 heterocycles. The summed E-state index contributed by atoms with van der Waals surface area (Å²) in [5.41, 5.74) is 0. The second kappa shape index (κ2) is 6.36. The molecule has 4 unspecified atom stereocenters. The van der Waals surface area contributed by atoms with E-state index in [-0.39, 0.29) is 6.10 Å². The Morgan fingerprint density at radius 3 is 2.44 bits per heavy atom. The summed E-state index contributed by atoms with van der Waals surface area (Å²) in [5, 5.41) is 12.6. The molecule has 0 bridgehead atoms. The highest BCUT2D eigenvalue weighted by Gasteiger charge is 2.41. The lowest BCUT2D eigenvalue weighted by atomic mass is 9.70. The predicted molar refractivity (Wildman–Crippen MR) is 72.3 cm³/mol. The first kappa shape index (κ1) is 14.3. The number of rotatable bonds is 3. The van der Waals surface area contributed by atoms with E-state index in [2.05, 4.69) is 26.1 Å². The van der Waals surface area contributed by atoms with Gasteiger partial charge in [0, 0.05) is 12.5 Å². The molecule has 1 saturated carbocycles. The maximum absolute atomic E-state index is 10.2. The molecule has 2 fully saturated rings. The number of piperidine rings is 1. The minimum Gasteiger partial charge on any atom is -0.387 e. The predicted octanol–water partition coefficient (Wildman–Crippen LogP) is 1.16. The molecule has 0 amide bonds. The highest BCUT2D eigenvalue weighted by atomic mass is 16.5. The average molecular weight is 256 g/mol. The lowest BCUT2D eigenvalue weighted by molar-refractivity contribution is -0.712. The van der Waals surface area contributed by atoms with Crippen LogP contribution in [-0.2, 0) is 4.74 Å². The monoisotopic (exact) mass is 256 g/mol. The van der Waals surface area contributed by atoms with Crippen LogP contribution in [0.1, 0.15) is 46.5 Å². The summed E-state index contributed by atoms with van der Waals surface area (Å²) >= 11 is 0. The van der Waals surface area contributed by atoms with Gasteiger partial charge in [0.05, 0.1) is 12.6 Å². The van der Waals surface area contributed by atoms with Gasteiger partial charge in [-0.15, -0.1) is 0 Å². The Morgan fingerprint density at radius 2 is 1.89 bits per heavy atom. The molecule has 3 heteroatoms. The van der Waals surface area contributed by atoms with Gasteiger partial charge in [0.25, 0.3) is 0 Å². The van der Waals surface area contributed by atoms with Crippen LogP contribution in [0.3, 0.4) is 0 Å². The molecular formula is C15H30NO2+. The molecule has 1 aliphatic carbocycles. The number of ether oxygens (including phenoxy) is 1. The lowest BCUT2D eigenvalue weighted by Gasteiger charge is -2.42. The van der Waals surface area contributed by atoms with E-state index in [9.17, 15) is 5.11 Å². The molecule has 1 aliphatic heterocycles. The van der Waals surface area contributed by atoms with Gasteiger partial charge in [-0.1, -0.05) is 13.8 Å². The van der Waals surface area contributed by atoms with E-state index in [0.29, 0.717) is 29.9 Å². The number of aliphatic hydroxyl groups excluding tert-OH is 1. The Morgan fingerprint density at radius 1 is 1.22 bits per heavy atom. The van der Waals surface area contributed by atoms with Crippen LogP contribution in [0.25, 0.3) is 0 Å². The van der Waals surface area contributed by atoms with Crippen molar-refractivity contribution in [2.45, 2.75) is 64.7 Å². The first-order valence-electron chi connectivity index (χ1n) is 7.76. The Balaban J connectivity index is 1.96. The Hall–Kier alpha value is -0.120. The van der Waals surface area contributed by atoms with Gasteiger partial charge in [-0.3, -0.25) is 0 Å². The maximum atomic E-state index is 10.2. The van der Waals surface area contributed by atoms with Gasteiger partial charge in [-0.2, -0.15) is 0 Å². The standard InChI is InChI=1S/C15H29NO2/c1-4-18-15-10(2)8-12(9-11(15)3)14-13(17)6-5-7-16-14/h10-17H,4-9H2,1-3H3/p+1. The van der Waals surface area contributed by atoms with Gasteiger partial charge < -0.3 is 15.2 Å². The molecule has 2 aliphatic rings. The molecule has 0 aromatic carbocycles. The third-order valence-electron chi connectivity index (χ3n) is 4.96. The molecule has 2 rings (SSSR count). The second-order valence-electron chi connectivity index (χ2n) is 6.42.